The molecule has 0 saturated carbocycles. The number of aromatic nitrogens is 2. The molecular formula is C21H21FN4O. The first-order chi connectivity index (χ1) is 13.0. The van der Waals surface area contributed by atoms with Gasteiger partial charge in [-0.15, -0.1) is 0 Å². The first-order valence-corrected chi connectivity index (χ1v) is 8.71. The smallest absolute Gasteiger partial charge is 0.271 e. The fourth-order valence-corrected chi connectivity index (χ4v) is 2.75. The Labute approximate surface area is 157 Å². The number of rotatable bonds is 6. The van der Waals surface area contributed by atoms with Crippen molar-refractivity contribution >= 4 is 17.4 Å². The highest BCUT2D eigenvalue weighted by Crippen LogP contribution is 2.22. The van der Waals surface area contributed by atoms with Crippen molar-refractivity contribution in [3.05, 3.63) is 83.1 Å². The Kier molecular flexibility index (Phi) is 5.76. The average Bonchev–Trinajstić information content (AvgIpc) is 2.67. The molecular weight excluding hydrogens is 343 g/mol. The van der Waals surface area contributed by atoms with Gasteiger partial charge in [-0.05, 0) is 43.0 Å². The summed E-state index contributed by atoms with van der Waals surface area (Å²) in [6.45, 7) is 4.35. The first-order valence-electron chi connectivity index (χ1n) is 8.71. The molecule has 1 heterocycles. The van der Waals surface area contributed by atoms with Gasteiger partial charge < -0.3 is 10.6 Å². The summed E-state index contributed by atoms with van der Waals surface area (Å²) in [5.74, 6) is -0.0405. The van der Waals surface area contributed by atoms with Gasteiger partial charge in [-0.2, -0.15) is 0 Å². The molecule has 0 aliphatic rings. The Morgan fingerprint density at radius 3 is 2.41 bits per heavy atom. The maximum absolute atomic E-state index is 13.6. The van der Waals surface area contributed by atoms with Crippen molar-refractivity contribution in [3.63, 3.8) is 0 Å². The predicted octanol–water partition coefficient (Wildman–Crippen LogP) is 3.95. The van der Waals surface area contributed by atoms with Crippen molar-refractivity contribution in [3.8, 4) is 0 Å². The summed E-state index contributed by atoms with van der Waals surface area (Å²) in [4.78, 5) is 20.6. The Morgan fingerprint density at radius 2 is 1.74 bits per heavy atom. The number of nitrogens with zero attached hydrogens (tertiary/aromatic N) is 2. The van der Waals surface area contributed by atoms with E-state index in [-0.39, 0.29) is 17.4 Å². The Bertz CT molecular complexity index is 921. The Balaban J connectivity index is 1.58. The van der Waals surface area contributed by atoms with E-state index in [1.54, 1.807) is 18.2 Å². The molecule has 0 spiro atoms. The number of aryl methyl sites for hydroxylation is 2. The predicted molar refractivity (Wildman–Crippen MR) is 104 cm³/mol. The molecule has 0 aliphatic heterocycles. The lowest BCUT2D eigenvalue weighted by Crippen LogP contribution is -2.26. The third-order valence-corrected chi connectivity index (χ3v) is 4.26. The van der Waals surface area contributed by atoms with Crippen LogP contribution in [0.2, 0.25) is 0 Å². The molecule has 27 heavy (non-hydrogen) atoms. The number of amides is 1. The van der Waals surface area contributed by atoms with Crippen molar-refractivity contribution in [2.24, 2.45) is 0 Å². The zero-order chi connectivity index (χ0) is 19.2. The van der Waals surface area contributed by atoms with Crippen LogP contribution in [0.5, 0.6) is 0 Å². The average molecular weight is 364 g/mol. The van der Waals surface area contributed by atoms with E-state index in [0.29, 0.717) is 24.3 Å². The van der Waals surface area contributed by atoms with Crippen molar-refractivity contribution in [1.82, 2.24) is 15.3 Å². The lowest BCUT2D eigenvalue weighted by atomic mass is 10.1. The van der Waals surface area contributed by atoms with Crippen LogP contribution in [0, 0.1) is 19.7 Å². The van der Waals surface area contributed by atoms with Crippen molar-refractivity contribution in [2.75, 3.05) is 11.9 Å². The first kappa shape index (κ1) is 18.5. The van der Waals surface area contributed by atoms with Crippen molar-refractivity contribution < 1.29 is 9.18 Å². The zero-order valence-electron chi connectivity index (χ0n) is 15.3. The number of carbonyl (C=O) groups excluding carboxylic acids is 1. The summed E-state index contributed by atoms with van der Waals surface area (Å²) < 4.78 is 13.6. The van der Waals surface area contributed by atoms with Gasteiger partial charge in [0.2, 0.25) is 0 Å². The van der Waals surface area contributed by atoms with Crippen LogP contribution in [0.25, 0.3) is 0 Å². The normalized spacial score (nSPS) is 10.5. The van der Waals surface area contributed by atoms with Gasteiger partial charge in [-0.3, -0.25) is 4.79 Å². The van der Waals surface area contributed by atoms with E-state index in [1.165, 1.54) is 18.5 Å². The molecule has 1 amide bonds. The van der Waals surface area contributed by atoms with Gasteiger partial charge >= 0.3 is 0 Å². The second-order valence-electron chi connectivity index (χ2n) is 6.28. The topological polar surface area (TPSA) is 66.9 Å². The minimum Gasteiger partial charge on any atom is -0.350 e. The van der Waals surface area contributed by atoms with Gasteiger partial charge in [0.15, 0.2) is 0 Å². The summed E-state index contributed by atoms with van der Waals surface area (Å²) in [7, 11) is 0. The third-order valence-electron chi connectivity index (χ3n) is 4.26. The summed E-state index contributed by atoms with van der Waals surface area (Å²) in [5.41, 5.74) is 3.97. The van der Waals surface area contributed by atoms with E-state index in [4.69, 9.17) is 0 Å². The fraction of sp³-hybridized carbons (Fsp3) is 0.190. The maximum Gasteiger partial charge on any atom is 0.271 e. The van der Waals surface area contributed by atoms with E-state index in [0.717, 1.165) is 16.8 Å². The zero-order valence-corrected chi connectivity index (χ0v) is 15.3. The SMILES string of the molecule is Cc1cccc(C)c1Nc1cnc(C(=O)NCCc2ccccc2F)cn1. The van der Waals surface area contributed by atoms with E-state index >= 15 is 0 Å². The Hall–Kier alpha value is -3.28. The molecule has 5 nitrogen and oxygen atoms in total. The molecule has 0 radical (unpaired) electrons. The lowest BCUT2D eigenvalue weighted by molar-refractivity contribution is 0.0948. The van der Waals surface area contributed by atoms with Gasteiger partial charge in [0.05, 0.1) is 12.4 Å². The van der Waals surface area contributed by atoms with E-state index in [1.807, 2.05) is 32.0 Å². The summed E-state index contributed by atoms with van der Waals surface area (Å²) in [5, 5.41) is 5.96. The van der Waals surface area contributed by atoms with Gasteiger partial charge in [-0.25, -0.2) is 14.4 Å². The number of anilines is 2. The third kappa shape index (κ3) is 4.67. The molecule has 1 aromatic heterocycles. The molecule has 0 saturated heterocycles. The van der Waals surface area contributed by atoms with Crippen LogP contribution in [0.1, 0.15) is 27.2 Å². The molecule has 3 rings (SSSR count). The number of hydrogen-bond donors (Lipinski definition) is 2. The van der Waals surface area contributed by atoms with Gasteiger partial charge in [0, 0.05) is 12.2 Å². The van der Waals surface area contributed by atoms with Gasteiger partial charge in [-0.1, -0.05) is 36.4 Å². The van der Waals surface area contributed by atoms with Crippen LogP contribution in [0.3, 0.4) is 0 Å². The Morgan fingerprint density at radius 1 is 1.00 bits per heavy atom. The van der Waals surface area contributed by atoms with E-state index in [9.17, 15) is 9.18 Å². The number of carbonyl (C=O) groups is 1. The van der Waals surface area contributed by atoms with Crippen molar-refractivity contribution in [2.45, 2.75) is 20.3 Å². The van der Waals surface area contributed by atoms with Gasteiger partial charge in [0.25, 0.3) is 5.91 Å². The molecule has 2 N–H and O–H groups in total. The van der Waals surface area contributed by atoms with Crippen LogP contribution in [-0.4, -0.2) is 22.4 Å². The highest BCUT2D eigenvalue weighted by atomic mass is 19.1. The van der Waals surface area contributed by atoms with E-state index < -0.39 is 0 Å². The molecule has 6 heteroatoms. The quantitative estimate of drug-likeness (QED) is 0.695. The van der Waals surface area contributed by atoms with Crippen molar-refractivity contribution in [1.29, 1.82) is 0 Å². The summed E-state index contributed by atoms with van der Waals surface area (Å²) in [6, 6.07) is 12.5. The molecule has 0 bridgehead atoms. The highest BCUT2D eigenvalue weighted by Gasteiger charge is 2.09. The number of para-hydroxylation sites is 1. The second kappa shape index (κ2) is 8.40. The molecule has 0 fully saturated rings. The highest BCUT2D eigenvalue weighted by molar-refractivity contribution is 5.92. The fourth-order valence-electron chi connectivity index (χ4n) is 2.75. The molecule has 0 aliphatic carbocycles. The van der Waals surface area contributed by atoms with Crippen LogP contribution in [-0.2, 0) is 6.42 Å². The molecule has 2 aromatic carbocycles. The summed E-state index contributed by atoms with van der Waals surface area (Å²) in [6.07, 6.45) is 3.37. The molecule has 138 valence electrons. The standard InChI is InChI=1S/C21H21FN4O/c1-14-6-5-7-15(2)20(14)26-19-13-24-18(12-25-19)21(27)23-11-10-16-8-3-4-9-17(16)22/h3-9,12-13H,10-11H2,1-2H3,(H,23,27)(H,25,26). The van der Waals surface area contributed by atoms with Crippen LogP contribution < -0.4 is 10.6 Å². The number of benzene rings is 2. The lowest BCUT2D eigenvalue weighted by Gasteiger charge is -2.12. The van der Waals surface area contributed by atoms with Crippen LogP contribution in [0.15, 0.2) is 54.9 Å². The maximum atomic E-state index is 13.6. The van der Waals surface area contributed by atoms with E-state index in [2.05, 4.69) is 20.6 Å². The molecule has 3 aromatic rings. The molecule has 0 unspecified atom stereocenters. The summed E-state index contributed by atoms with van der Waals surface area (Å²) >= 11 is 0. The largest absolute Gasteiger partial charge is 0.350 e. The van der Waals surface area contributed by atoms with Gasteiger partial charge in [0.1, 0.15) is 17.3 Å². The number of nitrogens with one attached hydrogen (secondary N) is 2. The minimum absolute atomic E-state index is 0.218. The van der Waals surface area contributed by atoms with Crippen LogP contribution in [0.4, 0.5) is 15.9 Å². The number of hydrogen-bond acceptors (Lipinski definition) is 4. The molecule has 0 atom stereocenters. The minimum atomic E-state index is -0.336. The van der Waals surface area contributed by atoms with Crippen LogP contribution >= 0.6 is 0 Å². The monoisotopic (exact) mass is 364 g/mol. The second-order valence-corrected chi connectivity index (χ2v) is 6.28. The number of halogens is 1.